The Kier molecular flexibility index (Phi) is 4.07. The number of hydrogen-bond acceptors (Lipinski definition) is 1. The average Bonchev–Trinajstić information content (AvgIpc) is 2.62. The number of nitrogens with one attached hydrogen (secondary N) is 1. The fraction of sp³-hybridized carbons (Fsp3) is 1.00. The summed E-state index contributed by atoms with van der Waals surface area (Å²) >= 11 is 0. The third-order valence-electron chi connectivity index (χ3n) is 4.76. The third-order valence-corrected chi connectivity index (χ3v) is 4.76. The average molecular weight is 209 g/mol. The summed E-state index contributed by atoms with van der Waals surface area (Å²) in [7, 11) is 0. The van der Waals surface area contributed by atoms with Crippen LogP contribution >= 0.6 is 0 Å². The monoisotopic (exact) mass is 209 g/mol. The van der Waals surface area contributed by atoms with Crippen LogP contribution in [0.2, 0.25) is 0 Å². The molecule has 0 bridgehead atoms. The van der Waals surface area contributed by atoms with Gasteiger partial charge in [0.15, 0.2) is 0 Å². The van der Waals surface area contributed by atoms with Gasteiger partial charge in [0.05, 0.1) is 0 Å². The summed E-state index contributed by atoms with van der Waals surface area (Å²) in [6.45, 7) is 5.78. The van der Waals surface area contributed by atoms with Gasteiger partial charge in [-0.05, 0) is 50.0 Å². The molecular formula is C14H27N. The minimum Gasteiger partial charge on any atom is -0.314 e. The minimum atomic E-state index is 0.861. The van der Waals surface area contributed by atoms with Gasteiger partial charge in [0.25, 0.3) is 0 Å². The van der Waals surface area contributed by atoms with Crippen LogP contribution < -0.4 is 5.32 Å². The Bertz CT molecular complexity index is 186. The molecule has 88 valence electrons. The Morgan fingerprint density at radius 3 is 2.33 bits per heavy atom. The molecule has 0 saturated heterocycles. The molecule has 2 aliphatic rings. The molecule has 3 atom stereocenters. The lowest BCUT2D eigenvalue weighted by molar-refractivity contribution is 0.174. The lowest BCUT2D eigenvalue weighted by Gasteiger charge is -2.38. The molecule has 0 aromatic rings. The second-order valence-electron chi connectivity index (χ2n) is 5.62. The highest BCUT2D eigenvalue weighted by Crippen LogP contribution is 2.41. The molecule has 2 aliphatic carbocycles. The van der Waals surface area contributed by atoms with Crippen LogP contribution in [0.3, 0.4) is 0 Å². The van der Waals surface area contributed by atoms with Crippen LogP contribution in [-0.2, 0) is 0 Å². The van der Waals surface area contributed by atoms with Crippen LogP contribution in [0.1, 0.15) is 58.8 Å². The predicted octanol–water partition coefficient (Wildman–Crippen LogP) is 3.59. The van der Waals surface area contributed by atoms with E-state index in [1.165, 1.54) is 44.9 Å². The normalized spacial score (nSPS) is 34.0. The molecule has 0 radical (unpaired) electrons. The molecule has 0 aromatic carbocycles. The largest absolute Gasteiger partial charge is 0.314 e. The summed E-state index contributed by atoms with van der Waals surface area (Å²) in [6, 6.07) is 0.861. The molecule has 2 fully saturated rings. The van der Waals surface area contributed by atoms with Crippen LogP contribution in [0.4, 0.5) is 0 Å². The van der Waals surface area contributed by atoms with E-state index in [9.17, 15) is 0 Å². The Morgan fingerprint density at radius 2 is 1.87 bits per heavy atom. The van der Waals surface area contributed by atoms with Crippen molar-refractivity contribution < 1.29 is 0 Å². The van der Waals surface area contributed by atoms with E-state index in [-0.39, 0.29) is 0 Å². The van der Waals surface area contributed by atoms with E-state index in [0.29, 0.717) is 0 Å². The van der Waals surface area contributed by atoms with Crippen LogP contribution in [0.15, 0.2) is 0 Å². The van der Waals surface area contributed by atoms with Crippen LogP contribution in [0.5, 0.6) is 0 Å². The van der Waals surface area contributed by atoms with Gasteiger partial charge < -0.3 is 5.32 Å². The van der Waals surface area contributed by atoms with Crippen LogP contribution in [0, 0.1) is 17.8 Å². The van der Waals surface area contributed by atoms with Crippen LogP contribution in [0.25, 0.3) is 0 Å². The lowest BCUT2D eigenvalue weighted by atomic mass is 9.74. The first-order valence-corrected chi connectivity index (χ1v) is 7.08. The topological polar surface area (TPSA) is 12.0 Å². The van der Waals surface area contributed by atoms with E-state index in [4.69, 9.17) is 0 Å². The van der Waals surface area contributed by atoms with Gasteiger partial charge in [-0.15, -0.1) is 0 Å². The van der Waals surface area contributed by atoms with Crippen molar-refractivity contribution >= 4 is 0 Å². The Morgan fingerprint density at radius 1 is 1.07 bits per heavy atom. The highest BCUT2D eigenvalue weighted by atomic mass is 14.9. The zero-order chi connectivity index (χ0) is 10.7. The molecule has 0 amide bonds. The highest BCUT2D eigenvalue weighted by Gasteiger charge is 2.36. The second-order valence-corrected chi connectivity index (χ2v) is 5.62. The fourth-order valence-electron chi connectivity index (χ4n) is 3.56. The SMILES string of the molecule is CCNC(C1CCC1)C1CCC(CC)C1. The first kappa shape index (κ1) is 11.4. The van der Waals surface area contributed by atoms with E-state index >= 15 is 0 Å². The molecule has 2 saturated carbocycles. The summed E-state index contributed by atoms with van der Waals surface area (Å²) in [5.74, 6) is 3.06. The van der Waals surface area contributed by atoms with Gasteiger partial charge in [-0.2, -0.15) is 0 Å². The van der Waals surface area contributed by atoms with Crippen molar-refractivity contribution in [3.05, 3.63) is 0 Å². The van der Waals surface area contributed by atoms with E-state index < -0.39 is 0 Å². The van der Waals surface area contributed by atoms with E-state index in [2.05, 4.69) is 19.2 Å². The van der Waals surface area contributed by atoms with E-state index in [1.54, 1.807) is 0 Å². The van der Waals surface area contributed by atoms with E-state index in [0.717, 1.165) is 30.3 Å². The van der Waals surface area contributed by atoms with Crippen molar-refractivity contribution in [1.82, 2.24) is 5.32 Å². The molecule has 1 heteroatoms. The Hall–Kier alpha value is -0.0400. The minimum absolute atomic E-state index is 0.861. The zero-order valence-electron chi connectivity index (χ0n) is 10.5. The van der Waals surface area contributed by atoms with Gasteiger partial charge in [-0.3, -0.25) is 0 Å². The standard InChI is InChI=1S/C14H27N/c1-3-11-8-9-13(10-11)14(15-4-2)12-6-5-7-12/h11-15H,3-10H2,1-2H3. The van der Waals surface area contributed by atoms with Gasteiger partial charge in [-0.25, -0.2) is 0 Å². The molecule has 0 spiro atoms. The first-order chi connectivity index (χ1) is 7.35. The quantitative estimate of drug-likeness (QED) is 0.729. The molecule has 3 unspecified atom stereocenters. The molecule has 0 aromatic heterocycles. The summed E-state index contributed by atoms with van der Waals surface area (Å²) in [5, 5.41) is 3.77. The summed E-state index contributed by atoms with van der Waals surface area (Å²) in [4.78, 5) is 0. The van der Waals surface area contributed by atoms with Crippen molar-refractivity contribution in [1.29, 1.82) is 0 Å². The van der Waals surface area contributed by atoms with Gasteiger partial charge in [0.2, 0.25) is 0 Å². The molecule has 1 N–H and O–H groups in total. The molecule has 1 nitrogen and oxygen atoms in total. The summed E-state index contributed by atoms with van der Waals surface area (Å²) < 4.78 is 0. The van der Waals surface area contributed by atoms with Crippen molar-refractivity contribution in [2.75, 3.05) is 6.54 Å². The van der Waals surface area contributed by atoms with Crippen molar-refractivity contribution in [3.63, 3.8) is 0 Å². The fourth-order valence-corrected chi connectivity index (χ4v) is 3.56. The van der Waals surface area contributed by atoms with E-state index in [1.807, 2.05) is 0 Å². The lowest BCUT2D eigenvalue weighted by Crippen LogP contribution is -2.44. The number of rotatable bonds is 5. The van der Waals surface area contributed by atoms with Gasteiger partial charge in [-0.1, -0.05) is 33.1 Å². The Balaban J connectivity index is 1.87. The maximum Gasteiger partial charge on any atom is 0.0124 e. The smallest absolute Gasteiger partial charge is 0.0124 e. The second kappa shape index (κ2) is 5.34. The maximum absolute atomic E-state index is 3.77. The molecular weight excluding hydrogens is 182 g/mol. The molecule has 15 heavy (non-hydrogen) atoms. The predicted molar refractivity (Wildman–Crippen MR) is 65.9 cm³/mol. The maximum atomic E-state index is 3.77. The van der Waals surface area contributed by atoms with Crippen molar-refractivity contribution in [3.8, 4) is 0 Å². The van der Waals surface area contributed by atoms with Crippen molar-refractivity contribution in [2.24, 2.45) is 17.8 Å². The van der Waals surface area contributed by atoms with Gasteiger partial charge in [0.1, 0.15) is 0 Å². The summed E-state index contributed by atoms with van der Waals surface area (Å²) in [6.07, 6.45) is 10.4. The zero-order valence-corrected chi connectivity index (χ0v) is 10.5. The highest BCUT2D eigenvalue weighted by molar-refractivity contribution is 4.91. The molecule has 0 aliphatic heterocycles. The van der Waals surface area contributed by atoms with Crippen LogP contribution in [-0.4, -0.2) is 12.6 Å². The molecule has 2 rings (SSSR count). The molecule has 0 heterocycles. The first-order valence-electron chi connectivity index (χ1n) is 7.08. The summed E-state index contributed by atoms with van der Waals surface area (Å²) in [5.41, 5.74) is 0. The van der Waals surface area contributed by atoms with Gasteiger partial charge in [0, 0.05) is 6.04 Å². The van der Waals surface area contributed by atoms with Crippen molar-refractivity contribution in [2.45, 2.75) is 64.8 Å². The third kappa shape index (κ3) is 2.55. The number of hydrogen-bond donors (Lipinski definition) is 1. The Labute approximate surface area is 95.0 Å². The van der Waals surface area contributed by atoms with Gasteiger partial charge >= 0.3 is 0 Å².